The third-order valence-electron chi connectivity index (χ3n) is 3.13. The van der Waals surface area contributed by atoms with E-state index in [1.807, 2.05) is 0 Å². The molecule has 0 spiro atoms. The average Bonchev–Trinajstić information content (AvgIpc) is 2.87. The first-order chi connectivity index (χ1) is 6.74. The first-order valence-corrected chi connectivity index (χ1v) is 5.73. The molecule has 0 radical (unpaired) electrons. The number of nitrogens with zero attached hydrogens (tertiary/aromatic N) is 1. The summed E-state index contributed by atoms with van der Waals surface area (Å²) in [5, 5.41) is 3.02. The molecule has 3 nitrogen and oxygen atoms in total. The minimum absolute atomic E-state index is 0.114. The monoisotopic (exact) mass is 196 g/mol. The van der Waals surface area contributed by atoms with Gasteiger partial charge in [-0.3, -0.25) is 4.79 Å². The summed E-state index contributed by atoms with van der Waals surface area (Å²) in [5.41, 5.74) is 0. The van der Waals surface area contributed by atoms with Gasteiger partial charge in [0.2, 0.25) is 5.91 Å². The Kier molecular flexibility index (Phi) is 3.06. The van der Waals surface area contributed by atoms with E-state index >= 15 is 0 Å². The van der Waals surface area contributed by atoms with E-state index in [0.717, 1.165) is 18.9 Å². The zero-order valence-electron chi connectivity index (χ0n) is 8.96. The van der Waals surface area contributed by atoms with Gasteiger partial charge in [0.05, 0.1) is 0 Å². The van der Waals surface area contributed by atoms with Crippen LogP contribution >= 0.6 is 0 Å². The Morgan fingerprint density at radius 3 is 2.86 bits per heavy atom. The molecule has 1 atom stereocenters. The Morgan fingerprint density at radius 2 is 2.21 bits per heavy atom. The van der Waals surface area contributed by atoms with Gasteiger partial charge in [-0.1, -0.05) is 0 Å². The zero-order valence-corrected chi connectivity index (χ0v) is 8.96. The van der Waals surface area contributed by atoms with E-state index in [0.29, 0.717) is 6.04 Å². The molecular weight excluding hydrogens is 176 g/mol. The molecule has 2 rings (SSSR count). The summed E-state index contributed by atoms with van der Waals surface area (Å²) in [4.78, 5) is 13.4. The Labute approximate surface area is 85.8 Å². The molecule has 0 aromatic carbocycles. The maximum atomic E-state index is 10.9. The van der Waals surface area contributed by atoms with Crippen molar-refractivity contribution in [3.05, 3.63) is 0 Å². The van der Waals surface area contributed by atoms with Crippen molar-refractivity contribution in [3.8, 4) is 0 Å². The third kappa shape index (κ3) is 2.98. The highest BCUT2D eigenvalue weighted by Gasteiger charge is 2.27. The van der Waals surface area contributed by atoms with Gasteiger partial charge >= 0.3 is 0 Å². The highest BCUT2D eigenvalue weighted by molar-refractivity contribution is 5.73. The predicted molar refractivity (Wildman–Crippen MR) is 56.0 cm³/mol. The molecule has 3 heteroatoms. The molecule has 0 aromatic heterocycles. The van der Waals surface area contributed by atoms with Crippen LogP contribution in [0.4, 0.5) is 0 Å². The molecule has 2 fully saturated rings. The molecule has 1 heterocycles. The molecule has 1 aliphatic heterocycles. The maximum Gasteiger partial charge on any atom is 0.217 e. The second-order valence-electron chi connectivity index (χ2n) is 4.74. The summed E-state index contributed by atoms with van der Waals surface area (Å²) in [7, 11) is 0. The third-order valence-corrected chi connectivity index (χ3v) is 3.13. The van der Waals surface area contributed by atoms with Crippen molar-refractivity contribution in [3.63, 3.8) is 0 Å². The van der Waals surface area contributed by atoms with Crippen LogP contribution in [-0.2, 0) is 4.79 Å². The first-order valence-electron chi connectivity index (χ1n) is 5.73. The van der Waals surface area contributed by atoms with Gasteiger partial charge in [0.25, 0.3) is 0 Å². The summed E-state index contributed by atoms with van der Waals surface area (Å²) < 4.78 is 0. The molecule has 1 aliphatic carbocycles. The molecule has 1 unspecified atom stereocenters. The molecule has 80 valence electrons. The van der Waals surface area contributed by atoms with Crippen molar-refractivity contribution in [1.82, 2.24) is 10.2 Å². The summed E-state index contributed by atoms with van der Waals surface area (Å²) in [6, 6.07) is 0.403. The molecule has 1 N–H and O–H groups in total. The van der Waals surface area contributed by atoms with Crippen molar-refractivity contribution in [2.75, 3.05) is 19.6 Å². The Hall–Kier alpha value is -0.570. The lowest BCUT2D eigenvalue weighted by molar-refractivity contribution is -0.120. The number of likely N-dealkylation sites (tertiary alicyclic amines) is 1. The van der Waals surface area contributed by atoms with Crippen LogP contribution in [-0.4, -0.2) is 36.5 Å². The first kappa shape index (κ1) is 9.97. The topological polar surface area (TPSA) is 32.3 Å². The molecule has 0 bridgehead atoms. The van der Waals surface area contributed by atoms with Gasteiger partial charge in [0, 0.05) is 26.1 Å². The average molecular weight is 196 g/mol. The summed E-state index contributed by atoms with van der Waals surface area (Å²) in [6.07, 6.45) is 5.22. The van der Waals surface area contributed by atoms with Crippen LogP contribution in [0.3, 0.4) is 0 Å². The van der Waals surface area contributed by atoms with E-state index in [4.69, 9.17) is 0 Å². The van der Waals surface area contributed by atoms with Gasteiger partial charge in [-0.2, -0.15) is 0 Å². The van der Waals surface area contributed by atoms with Crippen LogP contribution in [0.5, 0.6) is 0 Å². The number of piperidine rings is 1. The number of carbonyl (C=O) groups excluding carboxylic acids is 1. The minimum Gasteiger partial charge on any atom is -0.352 e. The molecule has 1 saturated heterocycles. The number of hydrogen-bond acceptors (Lipinski definition) is 2. The predicted octanol–water partition coefficient (Wildman–Crippen LogP) is 0.997. The molecule has 1 amide bonds. The summed E-state index contributed by atoms with van der Waals surface area (Å²) in [5.74, 6) is 1.08. The second kappa shape index (κ2) is 4.30. The van der Waals surface area contributed by atoms with E-state index < -0.39 is 0 Å². The SMILES string of the molecule is CC(=O)NC1CCCN(CC2CC2)C1. The van der Waals surface area contributed by atoms with Gasteiger partial charge < -0.3 is 10.2 Å². The number of hydrogen-bond donors (Lipinski definition) is 1. The molecular formula is C11H20N2O. The molecule has 0 aromatic rings. The Balaban J connectivity index is 1.74. The minimum atomic E-state index is 0.114. The largest absolute Gasteiger partial charge is 0.352 e. The van der Waals surface area contributed by atoms with Gasteiger partial charge in [-0.15, -0.1) is 0 Å². The highest BCUT2D eigenvalue weighted by atomic mass is 16.1. The van der Waals surface area contributed by atoms with Crippen LogP contribution < -0.4 is 5.32 Å². The van der Waals surface area contributed by atoms with Crippen LogP contribution in [0.25, 0.3) is 0 Å². The molecule has 14 heavy (non-hydrogen) atoms. The van der Waals surface area contributed by atoms with Gasteiger partial charge in [-0.05, 0) is 38.1 Å². The number of rotatable bonds is 3. The van der Waals surface area contributed by atoms with Crippen LogP contribution in [0.1, 0.15) is 32.6 Å². The number of carbonyl (C=O) groups is 1. The van der Waals surface area contributed by atoms with E-state index in [9.17, 15) is 4.79 Å². The Morgan fingerprint density at radius 1 is 1.43 bits per heavy atom. The van der Waals surface area contributed by atoms with Crippen molar-refractivity contribution in [2.45, 2.75) is 38.6 Å². The zero-order chi connectivity index (χ0) is 9.97. The van der Waals surface area contributed by atoms with Crippen LogP contribution in [0.15, 0.2) is 0 Å². The van der Waals surface area contributed by atoms with E-state index in [1.165, 1.54) is 32.4 Å². The number of nitrogens with one attached hydrogen (secondary N) is 1. The van der Waals surface area contributed by atoms with Crippen LogP contribution in [0, 0.1) is 5.92 Å². The lowest BCUT2D eigenvalue weighted by atomic mass is 10.1. The maximum absolute atomic E-state index is 10.9. The van der Waals surface area contributed by atoms with Gasteiger partial charge in [0.1, 0.15) is 0 Å². The quantitative estimate of drug-likeness (QED) is 0.730. The lowest BCUT2D eigenvalue weighted by Gasteiger charge is -2.32. The Bertz CT molecular complexity index is 213. The fraction of sp³-hybridized carbons (Fsp3) is 0.909. The van der Waals surface area contributed by atoms with Crippen LogP contribution in [0.2, 0.25) is 0 Å². The summed E-state index contributed by atoms with van der Waals surface area (Å²) >= 11 is 0. The molecule has 2 aliphatic rings. The second-order valence-corrected chi connectivity index (χ2v) is 4.74. The van der Waals surface area contributed by atoms with Crippen molar-refractivity contribution < 1.29 is 4.79 Å². The fourth-order valence-corrected chi connectivity index (χ4v) is 2.29. The lowest BCUT2D eigenvalue weighted by Crippen LogP contribution is -2.47. The van der Waals surface area contributed by atoms with Crippen molar-refractivity contribution in [1.29, 1.82) is 0 Å². The van der Waals surface area contributed by atoms with Gasteiger partial charge in [0.15, 0.2) is 0 Å². The smallest absolute Gasteiger partial charge is 0.217 e. The van der Waals surface area contributed by atoms with Crippen molar-refractivity contribution in [2.24, 2.45) is 5.92 Å². The standard InChI is InChI=1S/C11H20N2O/c1-9(14)12-11-3-2-6-13(8-11)7-10-4-5-10/h10-11H,2-8H2,1H3,(H,12,14). The summed E-state index contributed by atoms with van der Waals surface area (Å²) in [6.45, 7) is 5.17. The van der Waals surface area contributed by atoms with Crippen molar-refractivity contribution >= 4 is 5.91 Å². The molecule has 1 saturated carbocycles. The van der Waals surface area contributed by atoms with E-state index in [1.54, 1.807) is 6.92 Å². The fourth-order valence-electron chi connectivity index (χ4n) is 2.29. The van der Waals surface area contributed by atoms with E-state index in [2.05, 4.69) is 10.2 Å². The number of amides is 1. The van der Waals surface area contributed by atoms with E-state index in [-0.39, 0.29) is 5.91 Å². The normalized spacial score (nSPS) is 28.8. The highest BCUT2D eigenvalue weighted by Crippen LogP contribution is 2.30. The van der Waals surface area contributed by atoms with Gasteiger partial charge in [-0.25, -0.2) is 0 Å².